The Morgan fingerprint density at radius 3 is 2.56 bits per heavy atom. The first kappa shape index (κ1) is 27.2. The van der Waals surface area contributed by atoms with Crippen molar-refractivity contribution in [2.24, 2.45) is 0 Å². The monoisotopic (exact) mass is 645 g/mol. The number of carbonyl (C=O) groups excluding carboxylic acids is 1. The molecule has 1 aliphatic heterocycles. The summed E-state index contributed by atoms with van der Waals surface area (Å²) in [4.78, 5) is 14.8. The van der Waals surface area contributed by atoms with E-state index in [1.807, 2.05) is 13.0 Å². The molecule has 1 fully saturated rings. The van der Waals surface area contributed by atoms with Crippen LogP contribution in [0.5, 0.6) is 11.5 Å². The second-order valence-electron chi connectivity index (χ2n) is 7.40. The summed E-state index contributed by atoms with van der Waals surface area (Å²) in [7, 11) is 0. The highest BCUT2D eigenvalue weighted by Gasteiger charge is 2.33. The normalized spacial score (nSPS) is 14.6. The van der Waals surface area contributed by atoms with Crippen molar-refractivity contribution in [3.8, 4) is 11.5 Å². The van der Waals surface area contributed by atoms with E-state index in [2.05, 4.69) is 15.9 Å². The van der Waals surface area contributed by atoms with Crippen LogP contribution in [0.25, 0.3) is 6.08 Å². The SMILES string of the molecule is CCOc1cc(/C=C2\SC(=S)N(c3ccc(F)c(Cl)c3)C2=O)cc(Br)c1OCc1ccc(Cl)cc1Cl. The molecule has 0 radical (unpaired) electrons. The zero-order chi connectivity index (χ0) is 26.0. The number of thiocarbonyl (C=S) groups is 1. The molecular weight excluding hydrogens is 632 g/mol. The molecule has 186 valence electrons. The molecule has 1 aliphatic rings. The number of halogens is 5. The van der Waals surface area contributed by atoms with E-state index in [4.69, 9.17) is 56.5 Å². The summed E-state index contributed by atoms with van der Waals surface area (Å²) < 4.78 is 26.4. The number of nitrogens with zero attached hydrogens (tertiary/aromatic N) is 1. The number of hydrogen-bond donors (Lipinski definition) is 0. The lowest BCUT2D eigenvalue weighted by Crippen LogP contribution is -2.27. The van der Waals surface area contributed by atoms with Crippen LogP contribution in [0.3, 0.4) is 0 Å². The van der Waals surface area contributed by atoms with Crippen molar-refractivity contribution in [3.05, 3.63) is 89.9 Å². The Bertz CT molecular complexity index is 1400. The lowest BCUT2D eigenvalue weighted by molar-refractivity contribution is -0.113. The quantitative estimate of drug-likeness (QED) is 0.189. The van der Waals surface area contributed by atoms with E-state index in [0.29, 0.717) is 53.1 Å². The molecular formula is C25H16BrCl3FNO3S2. The van der Waals surface area contributed by atoms with Crippen LogP contribution in [-0.2, 0) is 11.4 Å². The summed E-state index contributed by atoms with van der Waals surface area (Å²) >= 11 is 28.2. The van der Waals surface area contributed by atoms with Crippen LogP contribution in [0, 0.1) is 5.82 Å². The number of anilines is 1. The van der Waals surface area contributed by atoms with E-state index in [1.165, 1.54) is 23.1 Å². The zero-order valence-electron chi connectivity index (χ0n) is 18.5. The van der Waals surface area contributed by atoms with Crippen LogP contribution in [0.1, 0.15) is 18.1 Å². The fraction of sp³-hybridized carbons (Fsp3) is 0.120. The minimum absolute atomic E-state index is 0.0914. The molecule has 0 aliphatic carbocycles. The van der Waals surface area contributed by atoms with Crippen LogP contribution in [0.4, 0.5) is 10.1 Å². The van der Waals surface area contributed by atoms with Crippen LogP contribution in [0.2, 0.25) is 15.1 Å². The Balaban J connectivity index is 1.61. The van der Waals surface area contributed by atoms with Crippen molar-refractivity contribution < 1.29 is 18.7 Å². The maximum atomic E-state index is 13.6. The van der Waals surface area contributed by atoms with Gasteiger partial charge in [-0.3, -0.25) is 9.69 Å². The van der Waals surface area contributed by atoms with Crippen molar-refractivity contribution in [2.45, 2.75) is 13.5 Å². The third-order valence-corrected chi connectivity index (χ3v) is 7.74. The summed E-state index contributed by atoms with van der Waals surface area (Å²) in [5.74, 6) is 0.0762. The van der Waals surface area contributed by atoms with Gasteiger partial charge in [-0.15, -0.1) is 0 Å². The van der Waals surface area contributed by atoms with Crippen LogP contribution in [0.15, 0.2) is 57.9 Å². The van der Waals surface area contributed by atoms with Gasteiger partial charge in [-0.1, -0.05) is 64.8 Å². The smallest absolute Gasteiger partial charge is 0.270 e. The molecule has 0 atom stereocenters. The van der Waals surface area contributed by atoms with E-state index in [9.17, 15) is 9.18 Å². The topological polar surface area (TPSA) is 38.8 Å². The highest BCUT2D eigenvalue weighted by Crippen LogP contribution is 2.41. The zero-order valence-corrected chi connectivity index (χ0v) is 24.0. The van der Waals surface area contributed by atoms with Gasteiger partial charge in [0.05, 0.1) is 26.7 Å². The van der Waals surface area contributed by atoms with E-state index < -0.39 is 5.82 Å². The molecule has 0 spiro atoms. The highest BCUT2D eigenvalue weighted by atomic mass is 79.9. The molecule has 0 aromatic heterocycles. The van der Waals surface area contributed by atoms with Crippen LogP contribution < -0.4 is 14.4 Å². The van der Waals surface area contributed by atoms with Gasteiger partial charge in [-0.25, -0.2) is 4.39 Å². The second kappa shape index (κ2) is 11.7. The Kier molecular flexibility index (Phi) is 8.86. The maximum Gasteiger partial charge on any atom is 0.270 e. The maximum absolute atomic E-state index is 13.6. The number of thioether (sulfide) groups is 1. The van der Waals surface area contributed by atoms with Gasteiger partial charge in [0.25, 0.3) is 5.91 Å². The van der Waals surface area contributed by atoms with Gasteiger partial charge in [0.1, 0.15) is 12.4 Å². The minimum Gasteiger partial charge on any atom is -0.490 e. The summed E-state index contributed by atoms with van der Waals surface area (Å²) in [5, 5.41) is 0.946. The summed E-state index contributed by atoms with van der Waals surface area (Å²) in [6.07, 6.45) is 1.71. The molecule has 1 amide bonds. The fourth-order valence-electron chi connectivity index (χ4n) is 3.33. The van der Waals surface area contributed by atoms with E-state index in [0.717, 1.165) is 17.3 Å². The summed E-state index contributed by atoms with van der Waals surface area (Å²) in [5.41, 5.74) is 1.86. The molecule has 4 rings (SSSR count). The minimum atomic E-state index is -0.574. The lowest BCUT2D eigenvalue weighted by atomic mass is 10.1. The number of benzene rings is 3. The molecule has 0 N–H and O–H groups in total. The second-order valence-corrected chi connectivity index (χ2v) is 11.2. The van der Waals surface area contributed by atoms with Gasteiger partial charge in [0.15, 0.2) is 15.8 Å². The standard InChI is InChI=1S/C25H16BrCl3FNO3S2/c1-2-33-21-8-13(7-17(26)23(21)34-12-14-3-4-15(27)10-18(14)28)9-22-24(32)31(25(35)36-22)16-5-6-20(30)19(29)11-16/h3-11H,2,12H2,1H3/b22-9-. The van der Waals surface area contributed by atoms with Gasteiger partial charge in [0.2, 0.25) is 0 Å². The first-order valence-electron chi connectivity index (χ1n) is 10.4. The molecule has 3 aromatic carbocycles. The van der Waals surface area contributed by atoms with Crippen molar-refractivity contribution in [1.82, 2.24) is 0 Å². The average Bonchev–Trinajstić information content (AvgIpc) is 3.09. The number of rotatable bonds is 7. The molecule has 0 bridgehead atoms. The predicted octanol–water partition coefficient (Wildman–Crippen LogP) is 8.93. The fourth-order valence-corrected chi connectivity index (χ4v) is 5.84. The Morgan fingerprint density at radius 2 is 1.86 bits per heavy atom. The van der Waals surface area contributed by atoms with E-state index in [-0.39, 0.29) is 17.5 Å². The van der Waals surface area contributed by atoms with Crippen LogP contribution >= 0.6 is 74.7 Å². The molecule has 3 aromatic rings. The van der Waals surface area contributed by atoms with Crippen molar-refractivity contribution in [3.63, 3.8) is 0 Å². The van der Waals surface area contributed by atoms with Crippen LogP contribution in [-0.4, -0.2) is 16.8 Å². The third-order valence-electron chi connectivity index (χ3n) is 4.97. The van der Waals surface area contributed by atoms with Crippen molar-refractivity contribution in [2.75, 3.05) is 11.5 Å². The van der Waals surface area contributed by atoms with Gasteiger partial charge in [-0.05, 0) is 77.0 Å². The Labute approximate surface area is 240 Å². The third kappa shape index (κ3) is 6.01. The lowest BCUT2D eigenvalue weighted by Gasteiger charge is -2.16. The molecule has 0 unspecified atom stereocenters. The molecule has 1 heterocycles. The van der Waals surface area contributed by atoms with Gasteiger partial charge in [-0.2, -0.15) is 0 Å². The van der Waals surface area contributed by atoms with Crippen molar-refractivity contribution in [1.29, 1.82) is 0 Å². The van der Waals surface area contributed by atoms with Gasteiger partial charge < -0.3 is 9.47 Å². The highest BCUT2D eigenvalue weighted by molar-refractivity contribution is 9.10. The first-order chi connectivity index (χ1) is 17.2. The molecule has 4 nitrogen and oxygen atoms in total. The molecule has 36 heavy (non-hydrogen) atoms. The largest absolute Gasteiger partial charge is 0.490 e. The van der Waals surface area contributed by atoms with E-state index >= 15 is 0 Å². The summed E-state index contributed by atoms with van der Waals surface area (Å²) in [6, 6.07) is 12.8. The van der Waals surface area contributed by atoms with Gasteiger partial charge in [0, 0.05) is 15.6 Å². The Morgan fingerprint density at radius 1 is 1.08 bits per heavy atom. The molecule has 0 saturated carbocycles. The number of amides is 1. The van der Waals surface area contributed by atoms with E-state index in [1.54, 1.807) is 30.3 Å². The number of carbonyl (C=O) groups is 1. The number of hydrogen-bond acceptors (Lipinski definition) is 5. The van der Waals surface area contributed by atoms with Gasteiger partial charge >= 0.3 is 0 Å². The molecule has 1 saturated heterocycles. The number of ether oxygens (including phenoxy) is 2. The average molecular weight is 648 g/mol. The van der Waals surface area contributed by atoms with Crippen molar-refractivity contribution >= 4 is 96.7 Å². The Hall–Kier alpha value is -1.81. The first-order valence-corrected chi connectivity index (χ1v) is 13.6. The molecule has 11 heteroatoms. The summed E-state index contributed by atoms with van der Waals surface area (Å²) in [6.45, 7) is 2.47. The predicted molar refractivity (Wildman–Crippen MR) is 153 cm³/mol.